The van der Waals surface area contributed by atoms with Gasteiger partial charge in [0.15, 0.2) is 0 Å². The van der Waals surface area contributed by atoms with Crippen molar-refractivity contribution in [2.24, 2.45) is 0 Å². The molecule has 0 bridgehead atoms. The largest absolute Gasteiger partial charge is 0.393 e. The Labute approximate surface area is 77.2 Å². The van der Waals surface area contributed by atoms with E-state index in [0.717, 1.165) is 6.20 Å². The van der Waals surface area contributed by atoms with Gasteiger partial charge in [-0.25, -0.2) is 13.6 Å². The van der Waals surface area contributed by atoms with Gasteiger partial charge in [-0.1, -0.05) is 0 Å². The lowest BCUT2D eigenvalue weighted by atomic mass is 10.4. The second-order valence-electron chi connectivity index (χ2n) is 3.04. The molecule has 5 nitrogen and oxygen atoms in total. The smallest absolute Gasteiger partial charge is 0.328 e. The second-order valence-corrected chi connectivity index (χ2v) is 3.04. The zero-order chi connectivity index (χ0) is 10.9. The van der Waals surface area contributed by atoms with Gasteiger partial charge in [-0.15, -0.1) is 0 Å². The van der Waals surface area contributed by atoms with Gasteiger partial charge in [-0.2, -0.15) is 0 Å². The first-order valence-electron chi connectivity index (χ1n) is 3.77. The van der Waals surface area contributed by atoms with Crippen molar-refractivity contribution in [2.75, 3.05) is 5.73 Å². The quantitative estimate of drug-likeness (QED) is 0.700. The standard InChI is InChI=1S/C7H9F2N3O2/c1-7(8,9)3-12-2-4(10)5(13)11-6(12)14/h2H,3,10H2,1H3,(H,11,13,14). The SMILES string of the molecule is CC(F)(F)Cn1cc(N)c(=O)[nH]c1=O. The molecule has 0 spiro atoms. The van der Waals surface area contributed by atoms with Crippen LogP contribution in [0.4, 0.5) is 14.5 Å². The van der Waals surface area contributed by atoms with Gasteiger partial charge in [0.2, 0.25) is 0 Å². The molecule has 1 rings (SSSR count). The van der Waals surface area contributed by atoms with Gasteiger partial charge < -0.3 is 5.73 Å². The van der Waals surface area contributed by atoms with Gasteiger partial charge in [-0.3, -0.25) is 14.3 Å². The Hall–Kier alpha value is -1.66. The van der Waals surface area contributed by atoms with Crippen LogP contribution < -0.4 is 17.0 Å². The van der Waals surface area contributed by atoms with Crippen LogP contribution in [0.15, 0.2) is 15.8 Å². The van der Waals surface area contributed by atoms with E-state index < -0.39 is 23.7 Å². The fourth-order valence-corrected chi connectivity index (χ4v) is 0.943. The molecule has 3 N–H and O–H groups in total. The summed E-state index contributed by atoms with van der Waals surface area (Å²) in [6.07, 6.45) is 0.901. The minimum absolute atomic E-state index is 0.270. The van der Waals surface area contributed by atoms with Crippen molar-refractivity contribution in [2.45, 2.75) is 19.4 Å². The van der Waals surface area contributed by atoms with Crippen LogP contribution >= 0.6 is 0 Å². The number of rotatable bonds is 2. The van der Waals surface area contributed by atoms with E-state index in [0.29, 0.717) is 11.5 Å². The maximum atomic E-state index is 12.5. The molecule has 0 aromatic carbocycles. The number of aromatic amines is 1. The third kappa shape index (κ3) is 2.41. The summed E-state index contributed by atoms with van der Waals surface area (Å²) in [7, 11) is 0. The fourth-order valence-electron chi connectivity index (χ4n) is 0.943. The van der Waals surface area contributed by atoms with Crippen molar-refractivity contribution >= 4 is 5.69 Å². The Balaban J connectivity index is 3.18. The molecule has 1 aromatic rings. The summed E-state index contributed by atoms with van der Waals surface area (Å²) < 4.78 is 25.7. The summed E-state index contributed by atoms with van der Waals surface area (Å²) in [4.78, 5) is 23.6. The number of aromatic nitrogens is 2. The van der Waals surface area contributed by atoms with Gasteiger partial charge in [-0.05, 0) is 0 Å². The second kappa shape index (κ2) is 3.24. The van der Waals surface area contributed by atoms with Crippen LogP contribution in [-0.4, -0.2) is 15.5 Å². The van der Waals surface area contributed by atoms with Crippen LogP contribution in [0.25, 0.3) is 0 Å². The summed E-state index contributed by atoms with van der Waals surface area (Å²) in [5, 5.41) is 0. The minimum atomic E-state index is -3.03. The Morgan fingerprint density at radius 3 is 2.64 bits per heavy atom. The highest BCUT2D eigenvalue weighted by Gasteiger charge is 2.22. The Bertz CT molecular complexity index is 443. The summed E-state index contributed by atoms with van der Waals surface area (Å²) in [5.74, 6) is -3.03. The van der Waals surface area contributed by atoms with Crippen LogP contribution in [0.5, 0.6) is 0 Å². The summed E-state index contributed by atoms with van der Waals surface area (Å²) in [6.45, 7) is -0.145. The number of anilines is 1. The third-order valence-electron chi connectivity index (χ3n) is 1.49. The normalized spacial score (nSPS) is 11.6. The van der Waals surface area contributed by atoms with Crippen molar-refractivity contribution in [3.05, 3.63) is 27.0 Å². The highest BCUT2D eigenvalue weighted by Crippen LogP contribution is 2.12. The molecular weight excluding hydrogens is 196 g/mol. The van der Waals surface area contributed by atoms with Gasteiger partial charge >= 0.3 is 5.69 Å². The van der Waals surface area contributed by atoms with Gasteiger partial charge in [0, 0.05) is 13.1 Å². The summed E-state index contributed by atoms with van der Waals surface area (Å²) >= 11 is 0. The minimum Gasteiger partial charge on any atom is -0.393 e. The molecule has 14 heavy (non-hydrogen) atoms. The maximum Gasteiger partial charge on any atom is 0.328 e. The first kappa shape index (κ1) is 10.4. The van der Waals surface area contributed by atoms with E-state index in [9.17, 15) is 18.4 Å². The first-order valence-corrected chi connectivity index (χ1v) is 3.77. The first-order chi connectivity index (χ1) is 6.29. The van der Waals surface area contributed by atoms with Gasteiger partial charge in [0.1, 0.15) is 5.69 Å². The molecule has 1 heterocycles. The number of nitrogen functional groups attached to an aromatic ring is 1. The zero-order valence-corrected chi connectivity index (χ0v) is 7.38. The molecule has 0 aliphatic rings. The number of hydrogen-bond acceptors (Lipinski definition) is 3. The molecule has 0 unspecified atom stereocenters. The number of nitrogens with zero attached hydrogens (tertiary/aromatic N) is 1. The van der Waals surface area contributed by atoms with Crippen LogP contribution in [-0.2, 0) is 6.54 Å². The number of nitrogens with two attached hydrogens (primary N) is 1. The Kier molecular flexibility index (Phi) is 2.41. The van der Waals surface area contributed by atoms with Crippen LogP contribution in [0.3, 0.4) is 0 Å². The number of alkyl halides is 2. The molecule has 1 aromatic heterocycles. The van der Waals surface area contributed by atoms with E-state index in [1.807, 2.05) is 4.98 Å². The van der Waals surface area contributed by atoms with Crippen molar-refractivity contribution in [3.8, 4) is 0 Å². The lowest BCUT2D eigenvalue weighted by Crippen LogP contribution is -2.35. The number of hydrogen-bond donors (Lipinski definition) is 2. The van der Waals surface area contributed by atoms with E-state index in [4.69, 9.17) is 5.73 Å². The number of halogens is 2. The number of H-pyrrole nitrogens is 1. The molecule has 0 atom stereocenters. The van der Waals surface area contributed by atoms with E-state index in [1.165, 1.54) is 0 Å². The molecule has 7 heteroatoms. The van der Waals surface area contributed by atoms with E-state index >= 15 is 0 Å². The maximum absolute atomic E-state index is 12.5. The highest BCUT2D eigenvalue weighted by atomic mass is 19.3. The van der Waals surface area contributed by atoms with Crippen molar-refractivity contribution < 1.29 is 8.78 Å². The lowest BCUT2D eigenvalue weighted by molar-refractivity contribution is 0.00263. The molecule has 0 amide bonds. The van der Waals surface area contributed by atoms with Gasteiger partial charge in [0.05, 0.1) is 6.54 Å². The summed E-state index contributed by atoms with van der Waals surface area (Å²) in [6, 6.07) is 0. The zero-order valence-electron chi connectivity index (χ0n) is 7.38. The molecule has 0 saturated carbocycles. The average Bonchev–Trinajstić information content (AvgIpc) is 1.97. The van der Waals surface area contributed by atoms with E-state index in [-0.39, 0.29) is 5.69 Å². The molecule has 0 aliphatic carbocycles. The summed E-state index contributed by atoms with van der Waals surface area (Å²) in [5.41, 5.74) is 3.22. The van der Waals surface area contributed by atoms with Crippen molar-refractivity contribution in [1.82, 2.24) is 9.55 Å². The predicted octanol–water partition coefficient (Wildman–Crippen LogP) is -0.226. The molecule has 0 aliphatic heterocycles. The van der Waals surface area contributed by atoms with E-state index in [2.05, 4.69) is 0 Å². The molecule has 0 radical (unpaired) electrons. The average molecular weight is 205 g/mol. The molecule has 78 valence electrons. The predicted molar refractivity (Wildman–Crippen MR) is 46.4 cm³/mol. The molecule has 0 saturated heterocycles. The third-order valence-corrected chi connectivity index (χ3v) is 1.49. The Morgan fingerprint density at radius 2 is 2.14 bits per heavy atom. The molecule has 0 fully saturated rings. The highest BCUT2D eigenvalue weighted by molar-refractivity contribution is 5.30. The van der Waals surface area contributed by atoms with Crippen LogP contribution in [0.1, 0.15) is 6.92 Å². The van der Waals surface area contributed by atoms with Crippen molar-refractivity contribution in [3.63, 3.8) is 0 Å². The van der Waals surface area contributed by atoms with Gasteiger partial charge in [0.25, 0.3) is 11.5 Å². The Morgan fingerprint density at radius 1 is 1.57 bits per heavy atom. The monoisotopic (exact) mass is 205 g/mol. The van der Waals surface area contributed by atoms with Crippen LogP contribution in [0.2, 0.25) is 0 Å². The van der Waals surface area contributed by atoms with E-state index in [1.54, 1.807) is 0 Å². The lowest BCUT2D eigenvalue weighted by Gasteiger charge is -2.11. The fraction of sp³-hybridized carbons (Fsp3) is 0.429. The number of nitrogens with one attached hydrogen (secondary N) is 1. The van der Waals surface area contributed by atoms with Crippen LogP contribution in [0, 0.1) is 0 Å². The topological polar surface area (TPSA) is 80.9 Å². The van der Waals surface area contributed by atoms with Crippen molar-refractivity contribution in [1.29, 1.82) is 0 Å². The molecular formula is C7H9F2N3O2.